The van der Waals surface area contributed by atoms with Crippen LogP contribution in [-0.4, -0.2) is 46.1 Å². The monoisotopic (exact) mass is 360 g/mol. The molecular formula is C20H24O4S. The first-order valence-electron chi connectivity index (χ1n) is 8.49. The van der Waals surface area contributed by atoms with E-state index in [0.717, 1.165) is 11.1 Å². The molecule has 134 valence electrons. The number of hydrogen-bond donors (Lipinski definition) is 2. The smallest absolute Gasteiger partial charge is 0.113 e. The van der Waals surface area contributed by atoms with Gasteiger partial charge in [-0.1, -0.05) is 60.7 Å². The molecule has 1 heterocycles. The zero-order valence-corrected chi connectivity index (χ0v) is 14.8. The number of aliphatic hydroxyl groups excluding tert-OH is 2. The zero-order chi connectivity index (χ0) is 17.5. The third-order valence-corrected chi connectivity index (χ3v) is 5.38. The van der Waals surface area contributed by atoms with Crippen molar-refractivity contribution in [3.05, 3.63) is 71.8 Å². The standard InChI is InChI=1S/C20H24O4S/c21-17-13-25-14-18(22)20(24-12-16-9-5-2-6-10-16)19(17)23-11-15-7-3-1-4-8-15/h1-10,17-22H,11-14H2/t17-,18-,19-,20-/m1/s1. The molecule has 1 saturated heterocycles. The molecule has 3 rings (SSSR count). The second-order valence-electron chi connectivity index (χ2n) is 6.19. The van der Waals surface area contributed by atoms with Crippen LogP contribution in [0.5, 0.6) is 0 Å². The van der Waals surface area contributed by atoms with Gasteiger partial charge in [0.1, 0.15) is 12.2 Å². The summed E-state index contributed by atoms with van der Waals surface area (Å²) in [6.45, 7) is 0.760. The molecule has 1 aliphatic heterocycles. The maximum absolute atomic E-state index is 10.5. The van der Waals surface area contributed by atoms with E-state index >= 15 is 0 Å². The van der Waals surface area contributed by atoms with E-state index in [9.17, 15) is 10.2 Å². The van der Waals surface area contributed by atoms with Crippen molar-refractivity contribution in [3.63, 3.8) is 0 Å². The van der Waals surface area contributed by atoms with Crippen molar-refractivity contribution in [1.82, 2.24) is 0 Å². The van der Waals surface area contributed by atoms with E-state index in [1.54, 1.807) is 0 Å². The molecule has 0 aromatic heterocycles. The fourth-order valence-corrected chi connectivity index (χ4v) is 3.88. The van der Waals surface area contributed by atoms with Crippen LogP contribution in [0.15, 0.2) is 60.7 Å². The highest BCUT2D eigenvalue weighted by atomic mass is 32.2. The lowest BCUT2D eigenvalue weighted by molar-refractivity contribution is -0.155. The van der Waals surface area contributed by atoms with Crippen LogP contribution in [0.25, 0.3) is 0 Å². The summed E-state index contributed by atoms with van der Waals surface area (Å²) in [5, 5.41) is 21.0. The van der Waals surface area contributed by atoms with Crippen LogP contribution in [0, 0.1) is 0 Å². The highest BCUT2D eigenvalue weighted by molar-refractivity contribution is 7.99. The van der Waals surface area contributed by atoms with E-state index in [2.05, 4.69) is 0 Å². The normalized spacial score (nSPS) is 27.0. The van der Waals surface area contributed by atoms with Crippen LogP contribution in [-0.2, 0) is 22.7 Å². The van der Waals surface area contributed by atoms with Crippen molar-refractivity contribution in [1.29, 1.82) is 0 Å². The Kier molecular flexibility index (Phi) is 6.90. The minimum absolute atomic E-state index is 0.380. The third kappa shape index (κ3) is 5.30. The van der Waals surface area contributed by atoms with Gasteiger partial charge in [-0.15, -0.1) is 0 Å². The SMILES string of the molecule is O[C@@H]1CSC[C@@H](O)[C@@H](OCc2ccccc2)[C@@H]1OCc1ccccc1. The lowest BCUT2D eigenvalue weighted by Crippen LogP contribution is -2.47. The molecule has 2 N–H and O–H groups in total. The van der Waals surface area contributed by atoms with Crippen molar-refractivity contribution in [2.75, 3.05) is 11.5 Å². The lowest BCUT2D eigenvalue weighted by Gasteiger charge is -2.31. The van der Waals surface area contributed by atoms with Gasteiger partial charge >= 0.3 is 0 Å². The van der Waals surface area contributed by atoms with Gasteiger partial charge in [-0.2, -0.15) is 11.8 Å². The van der Waals surface area contributed by atoms with Gasteiger partial charge in [0.05, 0.1) is 25.4 Å². The maximum Gasteiger partial charge on any atom is 0.113 e. The molecule has 0 unspecified atom stereocenters. The van der Waals surface area contributed by atoms with Crippen LogP contribution in [0.1, 0.15) is 11.1 Å². The van der Waals surface area contributed by atoms with E-state index in [4.69, 9.17) is 9.47 Å². The highest BCUT2D eigenvalue weighted by Gasteiger charge is 2.38. The summed E-state index contributed by atoms with van der Waals surface area (Å²) in [4.78, 5) is 0. The maximum atomic E-state index is 10.5. The highest BCUT2D eigenvalue weighted by Crippen LogP contribution is 2.25. The minimum atomic E-state index is -0.674. The minimum Gasteiger partial charge on any atom is -0.389 e. The van der Waals surface area contributed by atoms with Crippen LogP contribution >= 0.6 is 11.8 Å². The molecule has 25 heavy (non-hydrogen) atoms. The van der Waals surface area contributed by atoms with Gasteiger partial charge in [-0.3, -0.25) is 0 Å². The van der Waals surface area contributed by atoms with Gasteiger partial charge in [-0.25, -0.2) is 0 Å². The average Bonchev–Trinajstić information content (AvgIpc) is 2.78. The van der Waals surface area contributed by atoms with Gasteiger partial charge in [0.25, 0.3) is 0 Å². The molecule has 0 radical (unpaired) electrons. The first-order chi connectivity index (χ1) is 12.2. The lowest BCUT2D eigenvalue weighted by atomic mass is 10.0. The molecule has 4 nitrogen and oxygen atoms in total. The molecule has 0 aliphatic carbocycles. The van der Waals surface area contributed by atoms with Gasteiger partial charge in [0.15, 0.2) is 0 Å². The number of thioether (sulfide) groups is 1. The van der Waals surface area contributed by atoms with E-state index < -0.39 is 24.4 Å². The zero-order valence-electron chi connectivity index (χ0n) is 14.0. The van der Waals surface area contributed by atoms with Crippen LogP contribution in [0.2, 0.25) is 0 Å². The van der Waals surface area contributed by atoms with Gasteiger partial charge in [0, 0.05) is 11.5 Å². The predicted molar refractivity (Wildman–Crippen MR) is 99.4 cm³/mol. The Morgan fingerprint density at radius 2 is 1.12 bits per heavy atom. The summed E-state index contributed by atoms with van der Waals surface area (Å²) < 4.78 is 12.0. The fourth-order valence-electron chi connectivity index (χ4n) is 2.88. The Morgan fingerprint density at radius 3 is 1.52 bits per heavy atom. The average molecular weight is 360 g/mol. The van der Waals surface area contributed by atoms with Crippen molar-refractivity contribution in [2.45, 2.75) is 37.6 Å². The number of benzene rings is 2. The third-order valence-electron chi connectivity index (χ3n) is 4.23. The molecule has 0 bridgehead atoms. The molecule has 0 amide bonds. The number of hydrogen-bond acceptors (Lipinski definition) is 5. The van der Waals surface area contributed by atoms with Gasteiger partial charge in [-0.05, 0) is 11.1 Å². The Bertz CT molecular complexity index is 567. The molecule has 5 heteroatoms. The van der Waals surface area contributed by atoms with E-state index in [1.165, 1.54) is 11.8 Å². The number of rotatable bonds is 6. The largest absolute Gasteiger partial charge is 0.389 e. The molecule has 4 atom stereocenters. The summed E-state index contributed by atoms with van der Waals surface area (Å²) in [5.41, 5.74) is 2.06. The number of aliphatic hydroxyl groups is 2. The molecule has 2 aromatic rings. The molecule has 0 saturated carbocycles. The van der Waals surface area contributed by atoms with Crippen molar-refractivity contribution in [3.8, 4) is 0 Å². The summed E-state index contributed by atoms with van der Waals surface area (Å²) >= 11 is 1.52. The molecule has 1 fully saturated rings. The van der Waals surface area contributed by atoms with Crippen LogP contribution in [0.4, 0.5) is 0 Å². The number of ether oxygens (including phenoxy) is 2. The van der Waals surface area contributed by atoms with Crippen molar-refractivity contribution < 1.29 is 19.7 Å². The Labute approximate surface area is 152 Å². The van der Waals surface area contributed by atoms with Gasteiger partial charge in [0.2, 0.25) is 0 Å². The van der Waals surface area contributed by atoms with E-state index in [1.807, 2.05) is 60.7 Å². The summed E-state index contributed by atoms with van der Waals surface area (Å²) in [5.74, 6) is 1.06. The topological polar surface area (TPSA) is 58.9 Å². The predicted octanol–water partition coefficient (Wildman–Crippen LogP) is 2.63. The van der Waals surface area contributed by atoms with Crippen molar-refractivity contribution in [2.24, 2.45) is 0 Å². The summed E-state index contributed by atoms with van der Waals surface area (Å²) in [6.07, 6.45) is -2.47. The summed E-state index contributed by atoms with van der Waals surface area (Å²) in [7, 11) is 0. The van der Waals surface area contributed by atoms with Crippen LogP contribution in [0.3, 0.4) is 0 Å². The molecule has 0 spiro atoms. The Balaban J connectivity index is 1.67. The Morgan fingerprint density at radius 1 is 0.720 bits per heavy atom. The second-order valence-corrected chi connectivity index (χ2v) is 7.27. The van der Waals surface area contributed by atoms with Crippen molar-refractivity contribution >= 4 is 11.8 Å². The van der Waals surface area contributed by atoms with E-state index in [0.29, 0.717) is 24.7 Å². The van der Waals surface area contributed by atoms with Crippen LogP contribution < -0.4 is 0 Å². The quantitative estimate of drug-likeness (QED) is 0.829. The fraction of sp³-hybridized carbons (Fsp3) is 0.400. The molecule has 1 aliphatic rings. The van der Waals surface area contributed by atoms with E-state index in [-0.39, 0.29) is 0 Å². The van der Waals surface area contributed by atoms with Gasteiger partial charge < -0.3 is 19.7 Å². The Hall–Kier alpha value is -1.37. The summed E-state index contributed by atoms with van der Waals surface area (Å²) in [6, 6.07) is 19.6. The molecule has 2 aromatic carbocycles. The molecular weight excluding hydrogens is 336 g/mol. The second kappa shape index (κ2) is 9.36. The first kappa shape index (κ1) is 18.4. The first-order valence-corrected chi connectivity index (χ1v) is 9.64.